The van der Waals surface area contributed by atoms with Crippen LogP contribution in [0.4, 0.5) is 0 Å². The van der Waals surface area contributed by atoms with E-state index in [2.05, 4.69) is 5.32 Å². The van der Waals surface area contributed by atoms with Gasteiger partial charge in [-0.1, -0.05) is 0 Å². The molecule has 0 bridgehead atoms. The second kappa shape index (κ2) is 4.60. The zero-order valence-corrected chi connectivity index (χ0v) is 9.05. The fourth-order valence-corrected chi connectivity index (χ4v) is 2.27. The molecule has 1 aliphatic carbocycles. The van der Waals surface area contributed by atoms with Crippen LogP contribution in [-0.4, -0.2) is 39.0 Å². The third kappa shape index (κ3) is 2.27. The Morgan fingerprint density at radius 2 is 2.36 bits per heavy atom. The fourth-order valence-electron chi connectivity index (χ4n) is 2.27. The Morgan fingerprint density at radius 3 is 2.86 bits per heavy atom. The number of methoxy groups -OCH3 is 1. The summed E-state index contributed by atoms with van der Waals surface area (Å²) in [5.41, 5.74) is 0.166. The molecular weight excluding hydrogens is 178 g/mol. The van der Waals surface area contributed by atoms with Crippen molar-refractivity contribution in [3.05, 3.63) is 0 Å². The molecule has 0 aromatic carbocycles. The number of ether oxygens (including phenoxy) is 2. The first kappa shape index (κ1) is 10.4. The van der Waals surface area contributed by atoms with E-state index < -0.39 is 0 Å². The highest BCUT2D eigenvalue weighted by molar-refractivity contribution is 4.91. The zero-order chi connectivity index (χ0) is 9.86. The van der Waals surface area contributed by atoms with Gasteiger partial charge in [-0.3, -0.25) is 0 Å². The predicted molar refractivity (Wildman–Crippen MR) is 55.4 cm³/mol. The molecule has 1 aliphatic heterocycles. The van der Waals surface area contributed by atoms with Gasteiger partial charge in [-0.15, -0.1) is 0 Å². The van der Waals surface area contributed by atoms with Crippen LogP contribution in [0.1, 0.15) is 25.7 Å². The molecule has 1 heterocycles. The molecule has 3 nitrogen and oxygen atoms in total. The number of hydrogen-bond acceptors (Lipinski definition) is 3. The van der Waals surface area contributed by atoms with Crippen molar-refractivity contribution < 1.29 is 9.47 Å². The second-order valence-corrected chi connectivity index (χ2v) is 4.60. The minimum atomic E-state index is 0.166. The van der Waals surface area contributed by atoms with Gasteiger partial charge in [-0.2, -0.15) is 0 Å². The normalized spacial score (nSPS) is 30.2. The maximum atomic E-state index is 5.54. The molecule has 1 N–H and O–H groups in total. The summed E-state index contributed by atoms with van der Waals surface area (Å²) in [6, 6.07) is 0. The van der Waals surface area contributed by atoms with Gasteiger partial charge in [0.2, 0.25) is 0 Å². The molecular formula is C11H21NO2. The quantitative estimate of drug-likeness (QED) is 0.721. The lowest BCUT2D eigenvalue weighted by molar-refractivity contribution is -0.0696. The van der Waals surface area contributed by atoms with Crippen LogP contribution < -0.4 is 5.32 Å². The highest BCUT2D eigenvalue weighted by Gasteiger charge is 2.36. The summed E-state index contributed by atoms with van der Waals surface area (Å²) in [5, 5.41) is 3.52. The van der Waals surface area contributed by atoms with E-state index in [1.807, 2.05) is 7.11 Å². The van der Waals surface area contributed by atoms with Crippen LogP contribution in [0.5, 0.6) is 0 Å². The van der Waals surface area contributed by atoms with Crippen LogP contribution in [0.2, 0.25) is 0 Å². The predicted octanol–water partition coefficient (Wildman–Crippen LogP) is 1.18. The van der Waals surface area contributed by atoms with Crippen molar-refractivity contribution in [3.63, 3.8) is 0 Å². The summed E-state index contributed by atoms with van der Waals surface area (Å²) in [4.78, 5) is 0. The molecule has 0 radical (unpaired) electrons. The molecule has 0 aromatic heterocycles. The van der Waals surface area contributed by atoms with E-state index in [0.29, 0.717) is 0 Å². The molecule has 2 rings (SSSR count). The van der Waals surface area contributed by atoms with Crippen molar-refractivity contribution in [2.75, 3.05) is 33.4 Å². The summed E-state index contributed by atoms with van der Waals surface area (Å²) in [7, 11) is 1.83. The van der Waals surface area contributed by atoms with Gasteiger partial charge in [0.15, 0.2) is 0 Å². The lowest BCUT2D eigenvalue weighted by Gasteiger charge is -2.40. The van der Waals surface area contributed by atoms with Gasteiger partial charge >= 0.3 is 0 Å². The molecule has 1 saturated carbocycles. The van der Waals surface area contributed by atoms with Gasteiger partial charge in [-0.05, 0) is 31.6 Å². The maximum Gasteiger partial charge on any atom is 0.0802 e. The number of nitrogens with one attached hydrogen (secondary N) is 1. The Balaban J connectivity index is 1.61. The van der Waals surface area contributed by atoms with Crippen molar-refractivity contribution in [1.82, 2.24) is 5.32 Å². The van der Waals surface area contributed by atoms with E-state index in [1.54, 1.807) is 0 Å². The summed E-state index contributed by atoms with van der Waals surface area (Å²) >= 11 is 0. The smallest absolute Gasteiger partial charge is 0.0802 e. The highest BCUT2D eigenvalue weighted by atomic mass is 16.5. The van der Waals surface area contributed by atoms with Gasteiger partial charge in [0.25, 0.3) is 0 Å². The van der Waals surface area contributed by atoms with Crippen LogP contribution in [0, 0.1) is 5.92 Å². The Bertz CT molecular complexity index is 169. The second-order valence-electron chi connectivity index (χ2n) is 4.60. The summed E-state index contributed by atoms with van der Waals surface area (Å²) in [6.45, 7) is 3.99. The molecule has 1 unspecified atom stereocenters. The molecule has 2 fully saturated rings. The first-order valence-corrected chi connectivity index (χ1v) is 5.68. The monoisotopic (exact) mass is 199 g/mol. The SMILES string of the molecule is COC1(CNCC2CCOC2)CCC1. The fraction of sp³-hybridized carbons (Fsp3) is 1.00. The van der Waals surface area contributed by atoms with Crippen LogP contribution in [0.15, 0.2) is 0 Å². The lowest BCUT2D eigenvalue weighted by atomic mass is 9.80. The molecule has 82 valence electrons. The molecule has 1 atom stereocenters. The molecule has 2 aliphatic rings. The van der Waals surface area contributed by atoms with E-state index in [9.17, 15) is 0 Å². The van der Waals surface area contributed by atoms with E-state index in [0.717, 1.165) is 32.2 Å². The average molecular weight is 199 g/mol. The Hall–Kier alpha value is -0.120. The van der Waals surface area contributed by atoms with Crippen LogP contribution in [-0.2, 0) is 9.47 Å². The van der Waals surface area contributed by atoms with Crippen LogP contribution in [0.25, 0.3) is 0 Å². The van der Waals surface area contributed by atoms with Crippen molar-refractivity contribution >= 4 is 0 Å². The molecule has 3 heteroatoms. The summed E-state index contributed by atoms with van der Waals surface area (Å²) < 4.78 is 10.9. The third-order valence-corrected chi connectivity index (χ3v) is 3.60. The van der Waals surface area contributed by atoms with E-state index >= 15 is 0 Å². The number of rotatable bonds is 5. The maximum absolute atomic E-state index is 5.54. The van der Waals surface area contributed by atoms with Crippen molar-refractivity contribution in [1.29, 1.82) is 0 Å². The zero-order valence-electron chi connectivity index (χ0n) is 9.05. The largest absolute Gasteiger partial charge is 0.381 e. The summed E-state index contributed by atoms with van der Waals surface area (Å²) in [5.74, 6) is 0.726. The minimum Gasteiger partial charge on any atom is -0.381 e. The molecule has 1 saturated heterocycles. The van der Waals surface area contributed by atoms with E-state index in [4.69, 9.17) is 9.47 Å². The Labute approximate surface area is 86.2 Å². The Kier molecular flexibility index (Phi) is 3.42. The average Bonchev–Trinajstić information content (AvgIpc) is 2.62. The standard InChI is InChI=1S/C11H21NO2/c1-13-11(4-2-5-11)9-12-7-10-3-6-14-8-10/h10,12H,2-9H2,1H3. The van der Waals surface area contributed by atoms with Crippen molar-refractivity contribution in [2.45, 2.75) is 31.3 Å². The first-order valence-electron chi connectivity index (χ1n) is 5.68. The van der Waals surface area contributed by atoms with Gasteiger partial charge in [0.05, 0.1) is 12.2 Å². The van der Waals surface area contributed by atoms with Gasteiger partial charge in [0, 0.05) is 26.8 Å². The van der Waals surface area contributed by atoms with E-state index in [1.165, 1.54) is 25.7 Å². The molecule has 0 spiro atoms. The first-order chi connectivity index (χ1) is 6.85. The van der Waals surface area contributed by atoms with Gasteiger partial charge in [-0.25, -0.2) is 0 Å². The van der Waals surface area contributed by atoms with Gasteiger partial charge in [0.1, 0.15) is 0 Å². The number of hydrogen-bond donors (Lipinski definition) is 1. The Morgan fingerprint density at radius 1 is 1.50 bits per heavy atom. The van der Waals surface area contributed by atoms with Gasteiger partial charge < -0.3 is 14.8 Å². The van der Waals surface area contributed by atoms with Crippen molar-refractivity contribution in [3.8, 4) is 0 Å². The van der Waals surface area contributed by atoms with Crippen LogP contribution in [0.3, 0.4) is 0 Å². The lowest BCUT2D eigenvalue weighted by Crippen LogP contribution is -2.48. The topological polar surface area (TPSA) is 30.5 Å². The molecule has 0 aromatic rings. The third-order valence-electron chi connectivity index (χ3n) is 3.60. The van der Waals surface area contributed by atoms with E-state index in [-0.39, 0.29) is 5.60 Å². The summed E-state index contributed by atoms with van der Waals surface area (Å²) in [6.07, 6.45) is 4.98. The minimum absolute atomic E-state index is 0.166. The molecule has 14 heavy (non-hydrogen) atoms. The molecule has 0 amide bonds. The van der Waals surface area contributed by atoms with Crippen molar-refractivity contribution in [2.24, 2.45) is 5.92 Å². The highest BCUT2D eigenvalue weighted by Crippen LogP contribution is 2.34. The van der Waals surface area contributed by atoms with Crippen LogP contribution >= 0.6 is 0 Å².